The molecule has 0 amide bonds. The smallest absolute Gasteiger partial charge is 0.146 e. The molecule has 0 bridgehead atoms. The average Bonchev–Trinajstić information content (AvgIpc) is 2.25. The molecule has 3 heteroatoms. The number of halogens is 2. The minimum absolute atomic E-state index is 0.238. The van der Waals surface area contributed by atoms with E-state index < -0.39 is 0 Å². The van der Waals surface area contributed by atoms with Gasteiger partial charge in [-0.3, -0.25) is 0 Å². The van der Waals surface area contributed by atoms with Crippen molar-refractivity contribution in [3.63, 3.8) is 0 Å². The zero-order chi connectivity index (χ0) is 11.5. The van der Waals surface area contributed by atoms with Crippen molar-refractivity contribution in [2.24, 2.45) is 0 Å². The van der Waals surface area contributed by atoms with Crippen LogP contribution in [0.4, 0.5) is 10.1 Å². The van der Waals surface area contributed by atoms with Gasteiger partial charge in [0.25, 0.3) is 0 Å². The summed E-state index contributed by atoms with van der Waals surface area (Å²) in [6.07, 6.45) is 0.642. The quantitative estimate of drug-likeness (QED) is 0.833. The topological polar surface area (TPSA) is 26.0 Å². The summed E-state index contributed by atoms with van der Waals surface area (Å²) in [5.41, 5.74) is 7.84. The third-order valence-electron chi connectivity index (χ3n) is 2.43. The van der Waals surface area contributed by atoms with Gasteiger partial charge < -0.3 is 5.73 Å². The molecule has 0 aliphatic heterocycles. The summed E-state index contributed by atoms with van der Waals surface area (Å²) in [6, 6.07) is 12.8. The van der Waals surface area contributed by atoms with E-state index in [0.29, 0.717) is 6.42 Å². The predicted molar refractivity (Wildman–Crippen MR) is 67.8 cm³/mol. The number of benzene rings is 2. The molecule has 0 aromatic heterocycles. The zero-order valence-corrected chi connectivity index (χ0v) is 10.2. The fraction of sp³-hybridized carbons (Fsp3) is 0.0769. The molecule has 2 N–H and O–H groups in total. The molecule has 0 atom stereocenters. The average molecular weight is 280 g/mol. The lowest BCUT2D eigenvalue weighted by Gasteiger charge is -2.06. The molecule has 0 fully saturated rings. The maximum absolute atomic E-state index is 13.2. The molecule has 2 rings (SSSR count). The van der Waals surface area contributed by atoms with E-state index >= 15 is 0 Å². The number of nitrogen functional groups attached to an aromatic ring is 1. The van der Waals surface area contributed by atoms with Gasteiger partial charge in [-0.15, -0.1) is 0 Å². The first-order valence-corrected chi connectivity index (χ1v) is 5.73. The third kappa shape index (κ3) is 2.42. The van der Waals surface area contributed by atoms with Gasteiger partial charge >= 0.3 is 0 Å². The van der Waals surface area contributed by atoms with Gasteiger partial charge in [0.05, 0.1) is 5.69 Å². The number of rotatable bonds is 2. The van der Waals surface area contributed by atoms with Gasteiger partial charge in [-0.1, -0.05) is 40.2 Å². The molecule has 2 aromatic carbocycles. The highest BCUT2D eigenvalue weighted by atomic mass is 79.9. The number of nitrogens with two attached hydrogens (primary N) is 1. The molecule has 82 valence electrons. The highest BCUT2D eigenvalue weighted by Gasteiger charge is 2.05. The van der Waals surface area contributed by atoms with E-state index in [2.05, 4.69) is 15.9 Å². The van der Waals surface area contributed by atoms with Crippen molar-refractivity contribution < 1.29 is 4.39 Å². The number of para-hydroxylation sites is 1. The van der Waals surface area contributed by atoms with Crippen molar-refractivity contribution in [3.05, 3.63) is 63.9 Å². The summed E-state index contributed by atoms with van der Waals surface area (Å²) in [5.74, 6) is -0.354. The Labute approximate surface area is 102 Å². The Hall–Kier alpha value is -1.35. The van der Waals surface area contributed by atoms with Crippen molar-refractivity contribution in [2.45, 2.75) is 6.42 Å². The Kier molecular flexibility index (Phi) is 3.25. The van der Waals surface area contributed by atoms with E-state index in [9.17, 15) is 4.39 Å². The second kappa shape index (κ2) is 4.66. The molecular weight excluding hydrogens is 269 g/mol. The summed E-state index contributed by atoms with van der Waals surface area (Å²) in [4.78, 5) is 0. The molecule has 0 unspecified atom stereocenters. The van der Waals surface area contributed by atoms with Gasteiger partial charge in [0.15, 0.2) is 0 Å². The lowest BCUT2D eigenvalue weighted by Crippen LogP contribution is -1.98. The van der Waals surface area contributed by atoms with E-state index in [1.54, 1.807) is 6.07 Å². The second-order valence-electron chi connectivity index (χ2n) is 3.62. The van der Waals surface area contributed by atoms with Crippen molar-refractivity contribution in [1.29, 1.82) is 0 Å². The summed E-state index contributed by atoms with van der Waals surface area (Å²) >= 11 is 3.40. The normalized spacial score (nSPS) is 10.4. The van der Waals surface area contributed by atoms with Crippen LogP contribution in [0.1, 0.15) is 11.1 Å². The van der Waals surface area contributed by atoms with Crippen LogP contribution >= 0.6 is 15.9 Å². The fourth-order valence-corrected chi connectivity index (χ4v) is 2.05. The van der Waals surface area contributed by atoms with Crippen LogP contribution in [0.25, 0.3) is 0 Å². The predicted octanol–water partition coefficient (Wildman–Crippen LogP) is 3.76. The molecule has 0 aliphatic carbocycles. The van der Waals surface area contributed by atoms with Crippen LogP contribution < -0.4 is 5.73 Å². The van der Waals surface area contributed by atoms with Crippen molar-refractivity contribution >= 4 is 21.6 Å². The van der Waals surface area contributed by atoms with Gasteiger partial charge in [-0.05, 0) is 35.7 Å². The minimum Gasteiger partial charge on any atom is -0.396 e. The van der Waals surface area contributed by atoms with E-state index in [1.165, 1.54) is 6.07 Å². The molecule has 2 aromatic rings. The van der Waals surface area contributed by atoms with Crippen molar-refractivity contribution in [2.75, 3.05) is 5.73 Å². The van der Waals surface area contributed by atoms with Crippen LogP contribution in [0.5, 0.6) is 0 Å². The number of hydrogen-bond acceptors (Lipinski definition) is 1. The standard InChI is InChI=1S/C13H11BrFN/c14-11-5-1-3-9(8-11)7-10-4-2-6-12(15)13(10)16/h1-6,8H,7,16H2. The molecule has 0 radical (unpaired) electrons. The Bertz CT molecular complexity index is 511. The summed E-state index contributed by atoms with van der Waals surface area (Å²) in [6.45, 7) is 0. The van der Waals surface area contributed by atoms with Crippen molar-refractivity contribution in [3.8, 4) is 0 Å². The van der Waals surface area contributed by atoms with Crippen LogP contribution in [0.2, 0.25) is 0 Å². The lowest BCUT2D eigenvalue weighted by atomic mass is 10.0. The SMILES string of the molecule is Nc1c(F)cccc1Cc1cccc(Br)c1. The largest absolute Gasteiger partial charge is 0.396 e. The molecule has 0 saturated carbocycles. The van der Waals surface area contributed by atoms with Crippen LogP contribution in [-0.4, -0.2) is 0 Å². The monoisotopic (exact) mass is 279 g/mol. The van der Waals surface area contributed by atoms with Gasteiger partial charge in [-0.25, -0.2) is 4.39 Å². The zero-order valence-electron chi connectivity index (χ0n) is 8.58. The second-order valence-corrected chi connectivity index (χ2v) is 4.54. The van der Waals surface area contributed by atoms with Gasteiger partial charge in [0, 0.05) is 4.47 Å². The van der Waals surface area contributed by atoms with Crippen molar-refractivity contribution in [1.82, 2.24) is 0 Å². The maximum Gasteiger partial charge on any atom is 0.146 e. The molecule has 0 heterocycles. The van der Waals surface area contributed by atoms with Gasteiger partial charge in [-0.2, -0.15) is 0 Å². The first-order chi connectivity index (χ1) is 7.66. The first kappa shape index (κ1) is 11.1. The summed E-state index contributed by atoms with van der Waals surface area (Å²) in [5, 5.41) is 0. The number of anilines is 1. The maximum atomic E-state index is 13.2. The summed E-state index contributed by atoms with van der Waals surface area (Å²) < 4.78 is 14.2. The van der Waals surface area contributed by atoms with E-state index in [0.717, 1.165) is 15.6 Å². The highest BCUT2D eigenvalue weighted by Crippen LogP contribution is 2.21. The first-order valence-electron chi connectivity index (χ1n) is 4.94. The fourth-order valence-electron chi connectivity index (χ4n) is 1.60. The van der Waals surface area contributed by atoms with Crippen LogP contribution in [0.15, 0.2) is 46.9 Å². The van der Waals surface area contributed by atoms with Gasteiger partial charge in [0.2, 0.25) is 0 Å². The molecular formula is C13H11BrFN. The lowest BCUT2D eigenvalue weighted by molar-refractivity contribution is 0.631. The van der Waals surface area contributed by atoms with Crippen LogP contribution in [0.3, 0.4) is 0 Å². The highest BCUT2D eigenvalue weighted by molar-refractivity contribution is 9.10. The molecule has 0 spiro atoms. The third-order valence-corrected chi connectivity index (χ3v) is 2.92. The van der Waals surface area contributed by atoms with E-state index in [1.807, 2.05) is 30.3 Å². The Morgan fingerprint density at radius 1 is 1.12 bits per heavy atom. The summed E-state index contributed by atoms with van der Waals surface area (Å²) in [7, 11) is 0. The Morgan fingerprint density at radius 3 is 2.62 bits per heavy atom. The van der Waals surface area contributed by atoms with Crippen LogP contribution in [0, 0.1) is 5.82 Å². The molecule has 0 saturated heterocycles. The Morgan fingerprint density at radius 2 is 1.88 bits per heavy atom. The van der Waals surface area contributed by atoms with E-state index in [-0.39, 0.29) is 11.5 Å². The molecule has 1 nitrogen and oxygen atoms in total. The molecule has 16 heavy (non-hydrogen) atoms. The van der Waals surface area contributed by atoms with Gasteiger partial charge in [0.1, 0.15) is 5.82 Å². The minimum atomic E-state index is -0.354. The number of hydrogen-bond donors (Lipinski definition) is 1. The van der Waals surface area contributed by atoms with Crippen LogP contribution in [-0.2, 0) is 6.42 Å². The van der Waals surface area contributed by atoms with E-state index in [4.69, 9.17) is 5.73 Å². The molecule has 0 aliphatic rings. The Balaban J connectivity index is 2.31.